The van der Waals surface area contributed by atoms with E-state index in [1.165, 1.54) is 5.56 Å². The zero-order valence-corrected chi connectivity index (χ0v) is 11.2. The molecule has 1 aliphatic carbocycles. The van der Waals surface area contributed by atoms with Gasteiger partial charge in [-0.2, -0.15) is 5.26 Å². The standard InChI is InChI=1S/C14H15BrN2/c15-13-12-6-11(7-16)14(13)17(9-12)8-10-4-2-1-3-5-10/h1-5,11-14H,6,8-9H2/t11-,12-,13-,14-/m1/s1. The molecule has 3 heteroatoms. The van der Waals surface area contributed by atoms with Crippen LogP contribution in [0.4, 0.5) is 0 Å². The summed E-state index contributed by atoms with van der Waals surface area (Å²) in [6.45, 7) is 2.11. The maximum Gasteiger partial charge on any atom is 0.0672 e. The number of likely N-dealkylation sites (tertiary alicyclic amines) is 1. The molecule has 17 heavy (non-hydrogen) atoms. The topological polar surface area (TPSA) is 27.0 Å². The van der Waals surface area contributed by atoms with Crippen LogP contribution in [0.1, 0.15) is 12.0 Å². The van der Waals surface area contributed by atoms with E-state index in [-0.39, 0.29) is 5.92 Å². The van der Waals surface area contributed by atoms with E-state index in [1.807, 2.05) is 6.07 Å². The summed E-state index contributed by atoms with van der Waals surface area (Å²) in [5.74, 6) is 0.871. The molecule has 1 saturated carbocycles. The number of hydrogen-bond donors (Lipinski definition) is 0. The molecule has 0 unspecified atom stereocenters. The Morgan fingerprint density at radius 2 is 2.12 bits per heavy atom. The average Bonchev–Trinajstić information content (AvgIpc) is 2.83. The predicted molar refractivity (Wildman–Crippen MR) is 70.6 cm³/mol. The fourth-order valence-corrected chi connectivity index (χ4v) is 4.35. The van der Waals surface area contributed by atoms with Crippen molar-refractivity contribution in [2.24, 2.45) is 11.8 Å². The average molecular weight is 291 g/mol. The highest BCUT2D eigenvalue weighted by atomic mass is 79.9. The lowest BCUT2D eigenvalue weighted by Crippen LogP contribution is -2.38. The minimum atomic E-state index is 0.210. The van der Waals surface area contributed by atoms with Crippen LogP contribution in [0.5, 0.6) is 0 Å². The summed E-state index contributed by atoms with van der Waals surface area (Å²) in [6, 6.07) is 13.4. The van der Waals surface area contributed by atoms with E-state index in [1.54, 1.807) is 0 Å². The Hall–Kier alpha value is -0.850. The summed E-state index contributed by atoms with van der Waals surface area (Å²) in [5, 5.41) is 9.19. The van der Waals surface area contributed by atoms with Crippen molar-refractivity contribution >= 4 is 15.9 Å². The molecule has 88 valence electrons. The molecule has 1 aromatic carbocycles. The largest absolute Gasteiger partial charge is 0.293 e. The van der Waals surface area contributed by atoms with Crippen LogP contribution >= 0.6 is 15.9 Å². The van der Waals surface area contributed by atoms with Crippen LogP contribution in [0.15, 0.2) is 30.3 Å². The number of rotatable bonds is 2. The second-order valence-electron chi connectivity index (χ2n) is 5.08. The van der Waals surface area contributed by atoms with Gasteiger partial charge in [-0.05, 0) is 17.9 Å². The van der Waals surface area contributed by atoms with E-state index in [4.69, 9.17) is 0 Å². The van der Waals surface area contributed by atoms with E-state index in [2.05, 4.69) is 51.2 Å². The molecule has 3 rings (SSSR count). The number of fused-ring (bicyclic) bond motifs is 2. The quantitative estimate of drug-likeness (QED) is 0.783. The van der Waals surface area contributed by atoms with Crippen LogP contribution in [-0.4, -0.2) is 22.3 Å². The second kappa shape index (κ2) is 4.44. The minimum Gasteiger partial charge on any atom is -0.293 e. The zero-order chi connectivity index (χ0) is 11.8. The molecule has 0 amide bonds. The molecular weight excluding hydrogens is 276 g/mol. The first-order valence-corrected chi connectivity index (χ1v) is 7.03. The van der Waals surface area contributed by atoms with Crippen molar-refractivity contribution < 1.29 is 0 Å². The fourth-order valence-electron chi connectivity index (χ4n) is 3.27. The first kappa shape index (κ1) is 11.3. The minimum absolute atomic E-state index is 0.210. The summed E-state index contributed by atoms with van der Waals surface area (Å²) in [7, 11) is 0. The fraction of sp³-hybridized carbons (Fsp3) is 0.500. The van der Waals surface area contributed by atoms with E-state index < -0.39 is 0 Å². The predicted octanol–water partition coefficient (Wildman–Crippen LogP) is 2.79. The van der Waals surface area contributed by atoms with E-state index in [9.17, 15) is 5.26 Å². The molecule has 2 nitrogen and oxygen atoms in total. The van der Waals surface area contributed by atoms with Gasteiger partial charge in [-0.25, -0.2) is 0 Å². The Morgan fingerprint density at radius 1 is 1.35 bits per heavy atom. The van der Waals surface area contributed by atoms with Crippen LogP contribution < -0.4 is 0 Å². The molecule has 2 fully saturated rings. The molecule has 2 bridgehead atoms. The second-order valence-corrected chi connectivity index (χ2v) is 6.14. The van der Waals surface area contributed by atoms with Crippen LogP contribution in [0.25, 0.3) is 0 Å². The van der Waals surface area contributed by atoms with Crippen LogP contribution in [-0.2, 0) is 6.54 Å². The highest BCUT2D eigenvalue weighted by Gasteiger charge is 2.51. The first-order valence-electron chi connectivity index (χ1n) is 6.11. The van der Waals surface area contributed by atoms with E-state index in [0.717, 1.165) is 19.5 Å². The highest BCUT2D eigenvalue weighted by Crippen LogP contribution is 2.46. The molecule has 1 heterocycles. The molecule has 1 aromatic rings. The van der Waals surface area contributed by atoms with Crippen LogP contribution in [0.3, 0.4) is 0 Å². The summed E-state index contributed by atoms with van der Waals surface area (Å²) in [4.78, 5) is 2.98. The van der Waals surface area contributed by atoms with Crippen molar-refractivity contribution in [3.05, 3.63) is 35.9 Å². The zero-order valence-electron chi connectivity index (χ0n) is 9.59. The molecule has 4 atom stereocenters. The molecule has 1 aliphatic heterocycles. The third-order valence-electron chi connectivity index (χ3n) is 4.03. The molecule has 0 spiro atoms. The van der Waals surface area contributed by atoms with Gasteiger partial charge in [0, 0.05) is 24.0 Å². The number of benzene rings is 1. The van der Waals surface area contributed by atoms with Gasteiger partial charge in [0.2, 0.25) is 0 Å². The lowest BCUT2D eigenvalue weighted by atomic mass is 9.99. The normalized spacial score (nSPS) is 36.0. The highest BCUT2D eigenvalue weighted by molar-refractivity contribution is 9.09. The molecule has 0 radical (unpaired) electrons. The SMILES string of the molecule is N#C[C@H]1C[C@@H]2CN(Cc3ccccc3)[C@H]1[C@@H]2Br. The molecule has 1 saturated heterocycles. The summed E-state index contributed by atoms with van der Waals surface area (Å²) >= 11 is 3.77. The van der Waals surface area contributed by atoms with Gasteiger partial charge >= 0.3 is 0 Å². The van der Waals surface area contributed by atoms with Crippen LogP contribution in [0.2, 0.25) is 0 Å². The Morgan fingerprint density at radius 3 is 2.76 bits per heavy atom. The van der Waals surface area contributed by atoms with Gasteiger partial charge in [0.05, 0.1) is 12.0 Å². The van der Waals surface area contributed by atoms with Crippen molar-refractivity contribution in [1.29, 1.82) is 5.26 Å². The number of nitrogens with zero attached hydrogens (tertiary/aromatic N) is 2. The summed E-state index contributed by atoms with van der Waals surface area (Å²) < 4.78 is 0. The Kier molecular flexibility index (Phi) is 2.94. The van der Waals surface area contributed by atoms with Gasteiger partial charge in [-0.3, -0.25) is 4.90 Å². The number of halogens is 1. The lowest BCUT2D eigenvalue weighted by molar-refractivity contribution is 0.176. The third kappa shape index (κ3) is 1.90. The van der Waals surface area contributed by atoms with Gasteiger partial charge in [0.1, 0.15) is 0 Å². The molecular formula is C14H15BrN2. The Balaban J connectivity index is 1.76. The van der Waals surface area contributed by atoms with Crippen LogP contribution in [0, 0.1) is 23.2 Å². The third-order valence-corrected chi connectivity index (χ3v) is 5.32. The number of hydrogen-bond acceptors (Lipinski definition) is 2. The monoisotopic (exact) mass is 290 g/mol. The van der Waals surface area contributed by atoms with Crippen molar-refractivity contribution in [2.45, 2.75) is 23.8 Å². The van der Waals surface area contributed by atoms with Crippen molar-refractivity contribution in [3.63, 3.8) is 0 Å². The maximum atomic E-state index is 9.19. The Bertz CT molecular complexity index is 439. The molecule has 0 aromatic heterocycles. The van der Waals surface area contributed by atoms with Gasteiger partial charge < -0.3 is 0 Å². The van der Waals surface area contributed by atoms with Crippen molar-refractivity contribution in [3.8, 4) is 6.07 Å². The Labute approximate surface area is 110 Å². The maximum absolute atomic E-state index is 9.19. The smallest absolute Gasteiger partial charge is 0.0672 e. The van der Waals surface area contributed by atoms with Gasteiger partial charge in [0.25, 0.3) is 0 Å². The van der Waals surface area contributed by atoms with E-state index >= 15 is 0 Å². The first-order chi connectivity index (χ1) is 8.29. The van der Waals surface area contributed by atoms with Crippen molar-refractivity contribution in [1.82, 2.24) is 4.90 Å². The number of nitriles is 1. The summed E-state index contributed by atoms with van der Waals surface area (Å²) in [6.07, 6.45) is 1.07. The summed E-state index contributed by atoms with van der Waals surface area (Å²) in [5.41, 5.74) is 1.34. The lowest BCUT2D eigenvalue weighted by Gasteiger charge is -2.29. The number of alkyl halides is 1. The van der Waals surface area contributed by atoms with Gasteiger partial charge in [0.15, 0.2) is 0 Å². The van der Waals surface area contributed by atoms with Crippen molar-refractivity contribution in [2.75, 3.05) is 6.54 Å². The number of piperidine rings is 1. The molecule has 0 N–H and O–H groups in total. The van der Waals surface area contributed by atoms with E-state index in [0.29, 0.717) is 16.8 Å². The molecule has 2 aliphatic rings. The van der Waals surface area contributed by atoms with Gasteiger partial charge in [-0.1, -0.05) is 46.3 Å². The van der Waals surface area contributed by atoms with Gasteiger partial charge in [-0.15, -0.1) is 0 Å².